The highest BCUT2D eigenvalue weighted by Crippen LogP contribution is 2.26. The van der Waals surface area contributed by atoms with E-state index >= 15 is 0 Å². The lowest BCUT2D eigenvalue weighted by atomic mass is 10.1. The quantitative estimate of drug-likeness (QED) is 0.559. The van der Waals surface area contributed by atoms with Crippen molar-refractivity contribution in [2.24, 2.45) is 5.16 Å². The van der Waals surface area contributed by atoms with Crippen molar-refractivity contribution in [1.29, 1.82) is 0 Å². The zero-order chi connectivity index (χ0) is 20.4. The molecule has 1 N–H and O–H groups in total. The van der Waals surface area contributed by atoms with Crippen LogP contribution in [0.1, 0.15) is 5.56 Å². The van der Waals surface area contributed by atoms with Crippen molar-refractivity contribution in [3.8, 4) is 11.1 Å². The maximum atomic E-state index is 14.3. The van der Waals surface area contributed by atoms with Crippen LogP contribution in [0.4, 0.5) is 19.1 Å². The molecule has 2 aromatic rings. The second-order valence-electron chi connectivity index (χ2n) is 7.12. The van der Waals surface area contributed by atoms with Crippen LogP contribution < -0.4 is 4.90 Å². The molecule has 154 valence electrons. The Balaban J connectivity index is 1.26. The van der Waals surface area contributed by atoms with Crippen LogP contribution >= 0.6 is 0 Å². The zero-order valence-electron chi connectivity index (χ0n) is 15.6. The van der Waals surface area contributed by atoms with Gasteiger partial charge in [-0.15, -0.1) is 0 Å². The average Bonchev–Trinajstić information content (AvgIpc) is 2.65. The van der Waals surface area contributed by atoms with E-state index in [-0.39, 0.29) is 31.9 Å². The van der Waals surface area contributed by atoms with Crippen LogP contribution in [0.3, 0.4) is 0 Å². The van der Waals surface area contributed by atoms with E-state index < -0.39 is 11.7 Å². The largest absolute Gasteiger partial charge is 0.394 e. The first-order valence-corrected chi connectivity index (χ1v) is 9.19. The number of hydrogen-bond donors (Lipinski definition) is 1. The van der Waals surface area contributed by atoms with Crippen molar-refractivity contribution in [3.05, 3.63) is 42.0 Å². The highest BCUT2D eigenvalue weighted by atomic mass is 19.3. The number of benzene rings is 1. The molecule has 2 fully saturated rings. The van der Waals surface area contributed by atoms with Gasteiger partial charge in [-0.2, -0.15) is 0 Å². The Morgan fingerprint density at radius 2 is 1.90 bits per heavy atom. The summed E-state index contributed by atoms with van der Waals surface area (Å²) >= 11 is 0. The smallest absolute Gasteiger partial charge is 0.272 e. The molecule has 0 amide bonds. The minimum atomic E-state index is -2.57. The Morgan fingerprint density at radius 1 is 1.17 bits per heavy atom. The molecule has 0 aliphatic carbocycles. The van der Waals surface area contributed by atoms with Crippen LogP contribution in [0.15, 0.2) is 35.7 Å². The Morgan fingerprint density at radius 3 is 2.55 bits per heavy atom. The molecule has 2 aliphatic rings. The van der Waals surface area contributed by atoms with Crippen LogP contribution in [-0.2, 0) is 11.4 Å². The Hall–Kier alpha value is -2.72. The second-order valence-corrected chi connectivity index (χ2v) is 7.12. The molecule has 0 radical (unpaired) electrons. The van der Waals surface area contributed by atoms with Gasteiger partial charge in [0.25, 0.3) is 5.92 Å². The average molecular weight is 407 g/mol. The monoisotopic (exact) mass is 407 g/mol. The van der Waals surface area contributed by atoms with Gasteiger partial charge in [-0.3, -0.25) is 4.90 Å². The molecule has 0 saturated carbocycles. The number of nitrogens with zero attached hydrogens (tertiary/aromatic N) is 5. The van der Waals surface area contributed by atoms with E-state index in [0.29, 0.717) is 36.7 Å². The van der Waals surface area contributed by atoms with Crippen molar-refractivity contribution in [3.63, 3.8) is 0 Å². The minimum Gasteiger partial charge on any atom is -0.394 e. The van der Waals surface area contributed by atoms with Gasteiger partial charge < -0.3 is 14.8 Å². The van der Waals surface area contributed by atoms with Gasteiger partial charge in [0.05, 0.1) is 38.5 Å². The molecule has 1 aromatic carbocycles. The third-order valence-corrected chi connectivity index (χ3v) is 4.83. The summed E-state index contributed by atoms with van der Waals surface area (Å²) in [4.78, 5) is 17.2. The van der Waals surface area contributed by atoms with E-state index in [1.165, 1.54) is 18.5 Å². The van der Waals surface area contributed by atoms with Crippen LogP contribution in [0, 0.1) is 5.82 Å². The SMILES string of the molecule is OCc1cccc(-c2cnc(N3CC(=NOCCN4CC(F)(F)C4)C3)nc2)c1F. The molecule has 0 spiro atoms. The number of hydrogen-bond acceptors (Lipinski definition) is 7. The molecular formula is C19H20F3N5O2. The Kier molecular flexibility index (Phi) is 5.37. The van der Waals surface area contributed by atoms with E-state index in [1.54, 1.807) is 17.0 Å². The molecule has 4 rings (SSSR count). The maximum Gasteiger partial charge on any atom is 0.272 e. The summed E-state index contributed by atoms with van der Waals surface area (Å²) in [6.07, 6.45) is 3.08. The molecule has 2 aliphatic heterocycles. The zero-order valence-corrected chi connectivity index (χ0v) is 15.6. The molecule has 1 aromatic heterocycles. The van der Waals surface area contributed by atoms with Crippen LogP contribution in [0.25, 0.3) is 11.1 Å². The molecule has 7 nitrogen and oxygen atoms in total. The second kappa shape index (κ2) is 7.96. The minimum absolute atomic E-state index is 0.220. The van der Waals surface area contributed by atoms with Crippen molar-refractivity contribution < 1.29 is 23.1 Å². The summed E-state index contributed by atoms with van der Waals surface area (Å²) in [5.41, 5.74) is 1.89. The molecule has 2 saturated heterocycles. The van der Waals surface area contributed by atoms with Crippen molar-refractivity contribution >= 4 is 11.7 Å². The lowest BCUT2D eigenvalue weighted by Crippen LogP contribution is -2.56. The third-order valence-electron chi connectivity index (χ3n) is 4.83. The number of halogens is 3. The summed E-state index contributed by atoms with van der Waals surface area (Å²) in [6, 6.07) is 4.80. The highest BCUT2D eigenvalue weighted by Gasteiger charge is 2.43. The van der Waals surface area contributed by atoms with E-state index in [1.807, 2.05) is 4.90 Å². The number of aromatic nitrogens is 2. The van der Waals surface area contributed by atoms with Gasteiger partial charge in [0.1, 0.15) is 12.4 Å². The predicted octanol–water partition coefficient (Wildman–Crippen LogP) is 1.92. The van der Waals surface area contributed by atoms with E-state index in [0.717, 1.165) is 5.71 Å². The van der Waals surface area contributed by atoms with E-state index in [2.05, 4.69) is 15.1 Å². The fraction of sp³-hybridized carbons (Fsp3) is 0.421. The van der Waals surface area contributed by atoms with Gasteiger partial charge in [-0.05, 0) is 0 Å². The Labute approximate surface area is 165 Å². The number of alkyl halides is 2. The lowest BCUT2D eigenvalue weighted by Gasteiger charge is -2.38. The first-order chi connectivity index (χ1) is 13.9. The highest BCUT2D eigenvalue weighted by molar-refractivity contribution is 5.98. The topological polar surface area (TPSA) is 74.1 Å². The molecule has 10 heteroatoms. The third kappa shape index (κ3) is 4.33. The van der Waals surface area contributed by atoms with Gasteiger partial charge in [-0.1, -0.05) is 23.4 Å². The number of oxime groups is 1. The lowest BCUT2D eigenvalue weighted by molar-refractivity contribution is -0.134. The number of likely N-dealkylation sites (tertiary alicyclic amines) is 1. The van der Waals surface area contributed by atoms with Gasteiger partial charge in [0, 0.05) is 35.6 Å². The first-order valence-electron chi connectivity index (χ1n) is 9.19. The summed E-state index contributed by atoms with van der Waals surface area (Å²) < 4.78 is 39.7. The van der Waals surface area contributed by atoms with Gasteiger partial charge in [0.15, 0.2) is 0 Å². The standard InChI is InChI=1S/C19H20F3N5O2/c20-17-13(10-28)2-1-3-16(17)14-6-23-18(24-7-14)27-8-15(9-27)25-29-5-4-26-11-19(21,22)12-26/h1-3,6-7,28H,4-5,8-12H2. The number of rotatable bonds is 7. The maximum absolute atomic E-state index is 14.3. The molecule has 3 heterocycles. The van der Waals surface area contributed by atoms with Crippen LogP contribution in [-0.4, -0.2) is 70.9 Å². The van der Waals surface area contributed by atoms with Gasteiger partial charge in [-0.25, -0.2) is 23.1 Å². The van der Waals surface area contributed by atoms with E-state index in [9.17, 15) is 18.3 Å². The summed E-state index contributed by atoms with van der Waals surface area (Å²) in [7, 11) is 0. The summed E-state index contributed by atoms with van der Waals surface area (Å²) in [5, 5.41) is 13.2. The van der Waals surface area contributed by atoms with Crippen molar-refractivity contribution in [1.82, 2.24) is 14.9 Å². The molecule has 0 unspecified atom stereocenters. The number of aliphatic hydroxyl groups is 1. The molecule has 0 bridgehead atoms. The normalized spacial score (nSPS) is 18.2. The molecule has 0 atom stereocenters. The fourth-order valence-corrected chi connectivity index (χ4v) is 3.21. The number of aliphatic hydroxyl groups excluding tert-OH is 1. The van der Waals surface area contributed by atoms with Crippen molar-refractivity contribution in [2.45, 2.75) is 12.5 Å². The molecule has 29 heavy (non-hydrogen) atoms. The fourth-order valence-electron chi connectivity index (χ4n) is 3.21. The first kappa shape index (κ1) is 19.6. The van der Waals surface area contributed by atoms with Crippen molar-refractivity contribution in [2.75, 3.05) is 44.2 Å². The summed E-state index contributed by atoms with van der Waals surface area (Å²) in [5.74, 6) is -2.55. The van der Waals surface area contributed by atoms with E-state index in [4.69, 9.17) is 4.84 Å². The van der Waals surface area contributed by atoms with Gasteiger partial charge in [0.2, 0.25) is 5.95 Å². The van der Waals surface area contributed by atoms with Gasteiger partial charge >= 0.3 is 0 Å². The number of anilines is 1. The molecular weight excluding hydrogens is 387 g/mol. The summed E-state index contributed by atoms with van der Waals surface area (Å²) in [6.45, 7) is 0.897. The van der Waals surface area contributed by atoms with Crippen LogP contribution in [0.5, 0.6) is 0 Å². The Bertz CT molecular complexity index is 891. The van der Waals surface area contributed by atoms with Crippen LogP contribution in [0.2, 0.25) is 0 Å². The predicted molar refractivity (Wildman–Crippen MR) is 100 cm³/mol.